The highest BCUT2D eigenvalue weighted by molar-refractivity contribution is 5.37. The number of aliphatic hydroxyl groups is 2. The lowest BCUT2D eigenvalue weighted by atomic mass is 9.72. The molecule has 1 saturated heterocycles. The van der Waals surface area contributed by atoms with E-state index < -0.39 is 11.7 Å². The van der Waals surface area contributed by atoms with Crippen LogP contribution in [0.1, 0.15) is 35.6 Å². The Kier molecular flexibility index (Phi) is 6.28. The molecule has 4 rings (SSSR count). The highest BCUT2D eigenvalue weighted by Gasteiger charge is 2.41. The zero-order chi connectivity index (χ0) is 21.0. The summed E-state index contributed by atoms with van der Waals surface area (Å²) in [5.74, 6) is -0.214. The molecule has 0 bridgehead atoms. The van der Waals surface area contributed by atoms with E-state index in [2.05, 4.69) is 4.90 Å². The van der Waals surface area contributed by atoms with Crippen LogP contribution in [0.4, 0.5) is 4.39 Å². The van der Waals surface area contributed by atoms with Crippen LogP contribution in [0.2, 0.25) is 0 Å². The molecule has 1 atom stereocenters. The highest BCUT2D eigenvalue weighted by atomic mass is 19.1. The van der Waals surface area contributed by atoms with E-state index in [0.717, 1.165) is 42.6 Å². The Morgan fingerprint density at radius 1 is 0.833 bits per heavy atom. The molecule has 1 unspecified atom stereocenters. The number of hydrogen-bond donors (Lipinski definition) is 2. The molecule has 156 valence electrons. The molecule has 0 aliphatic carbocycles. The van der Waals surface area contributed by atoms with E-state index in [-0.39, 0.29) is 11.7 Å². The van der Waals surface area contributed by atoms with Crippen LogP contribution < -0.4 is 0 Å². The molecule has 0 amide bonds. The van der Waals surface area contributed by atoms with Crippen LogP contribution in [0, 0.1) is 11.7 Å². The zero-order valence-electron chi connectivity index (χ0n) is 17.0. The Balaban J connectivity index is 1.47. The summed E-state index contributed by atoms with van der Waals surface area (Å²) in [5.41, 5.74) is 1.52. The minimum Gasteiger partial charge on any atom is -0.387 e. The van der Waals surface area contributed by atoms with Crippen LogP contribution >= 0.6 is 0 Å². The van der Waals surface area contributed by atoms with Crippen molar-refractivity contribution in [2.75, 3.05) is 19.6 Å². The predicted molar refractivity (Wildman–Crippen MR) is 116 cm³/mol. The second-order valence-corrected chi connectivity index (χ2v) is 8.14. The molecule has 0 radical (unpaired) electrons. The van der Waals surface area contributed by atoms with E-state index in [4.69, 9.17) is 0 Å². The number of piperidine rings is 1. The van der Waals surface area contributed by atoms with Crippen LogP contribution in [0.15, 0.2) is 84.9 Å². The van der Waals surface area contributed by atoms with Gasteiger partial charge in [0, 0.05) is 6.54 Å². The predicted octanol–water partition coefficient (Wildman–Crippen LogP) is 4.51. The Morgan fingerprint density at radius 2 is 1.33 bits per heavy atom. The first-order valence-electron chi connectivity index (χ1n) is 10.6. The van der Waals surface area contributed by atoms with Gasteiger partial charge >= 0.3 is 0 Å². The number of β-amino-alcohol motifs (C(OH)–C–C–N with tert-alkyl or cyclic N) is 1. The van der Waals surface area contributed by atoms with Crippen LogP contribution in [0.3, 0.4) is 0 Å². The van der Waals surface area contributed by atoms with Gasteiger partial charge in [-0.2, -0.15) is 0 Å². The third kappa shape index (κ3) is 4.31. The molecule has 0 aromatic heterocycles. The lowest BCUT2D eigenvalue weighted by Gasteiger charge is -2.42. The van der Waals surface area contributed by atoms with Gasteiger partial charge in [0.1, 0.15) is 11.4 Å². The molecule has 3 nitrogen and oxygen atoms in total. The van der Waals surface area contributed by atoms with Gasteiger partial charge in [-0.05, 0) is 60.7 Å². The van der Waals surface area contributed by atoms with Gasteiger partial charge in [-0.3, -0.25) is 0 Å². The van der Waals surface area contributed by atoms with Gasteiger partial charge < -0.3 is 15.1 Å². The molecular weight excluding hydrogens is 377 g/mol. The maximum absolute atomic E-state index is 13.1. The van der Waals surface area contributed by atoms with Gasteiger partial charge in [0.2, 0.25) is 0 Å². The summed E-state index contributed by atoms with van der Waals surface area (Å²) >= 11 is 0. The van der Waals surface area contributed by atoms with Crippen molar-refractivity contribution >= 4 is 0 Å². The first-order chi connectivity index (χ1) is 14.6. The third-order valence-electron chi connectivity index (χ3n) is 6.29. The van der Waals surface area contributed by atoms with Crippen molar-refractivity contribution in [2.45, 2.75) is 24.5 Å². The van der Waals surface area contributed by atoms with Gasteiger partial charge in [0.25, 0.3) is 0 Å². The Morgan fingerprint density at radius 3 is 1.83 bits per heavy atom. The molecule has 0 spiro atoms. The maximum Gasteiger partial charge on any atom is 0.123 e. The third-order valence-corrected chi connectivity index (χ3v) is 6.29. The quantitative estimate of drug-likeness (QED) is 0.634. The zero-order valence-corrected chi connectivity index (χ0v) is 17.0. The number of likely N-dealkylation sites (tertiary alicyclic amines) is 1. The van der Waals surface area contributed by atoms with E-state index in [1.54, 1.807) is 12.1 Å². The number of aliphatic hydroxyl groups excluding tert-OH is 1. The molecule has 1 fully saturated rings. The van der Waals surface area contributed by atoms with Crippen molar-refractivity contribution in [3.8, 4) is 0 Å². The van der Waals surface area contributed by atoms with Crippen molar-refractivity contribution in [1.29, 1.82) is 0 Å². The van der Waals surface area contributed by atoms with Crippen molar-refractivity contribution in [1.82, 2.24) is 4.90 Å². The molecule has 2 N–H and O–H groups in total. The lowest BCUT2D eigenvalue weighted by Crippen LogP contribution is -2.45. The fourth-order valence-corrected chi connectivity index (χ4v) is 4.59. The summed E-state index contributed by atoms with van der Waals surface area (Å²) in [6.45, 7) is 2.10. The molecule has 3 aromatic rings. The fourth-order valence-electron chi connectivity index (χ4n) is 4.59. The summed E-state index contributed by atoms with van der Waals surface area (Å²) in [5, 5.41) is 22.5. The van der Waals surface area contributed by atoms with Gasteiger partial charge in [0.05, 0.1) is 6.10 Å². The van der Waals surface area contributed by atoms with Crippen molar-refractivity contribution in [3.63, 3.8) is 0 Å². The van der Waals surface area contributed by atoms with Crippen LogP contribution in [-0.4, -0.2) is 34.7 Å². The first kappa shape index (κ1) is 20.7. The minimum absolute atomic E-state index is 0.0847. The van der Waals surface area contributed by atoms with Crippen LogP contribution in [0.25, 0.3) is 0 Å². The molecule has 3 aromatic carbocycles. The molecule has 1 aliphatic rings. The van der Waals surface area contributed by atoms with E-state index >= 15 is 0 Å². The normalized spacial score (nSPS) is 17.0. The average molecular weight is 406 g/mol. The first-order valence-corrected chi connectivity index (χ1v) is 10.6. The van der Waals surface area contributed by atoms with Crippen LogP contribution in [-0.2, 0) is 5.60 Å². The number of nitrogens with zero attached hydrogens (tertiary/aromatic N) is 1. The van der Waals surface area contributed by atoms with Crippen LogP contribution in [0.5, 0.6) is 0 Å². The molecule has 4 heteroatoms. The SMILES string of the molecule is OC(CN1CCC(C(O)(c2ccccc2)c2ccccc2)CC1)c1ccc(F)cc1. The fraction of sp³-hybridized carbons (Fsp3) is 0.308. The van der Waals surface area contributed by atoms with Gasteiger partial charge in [-0.1, -0.05) is 72.8 Å². The largest absolute Gasteiger partial charge is 0.387 e. The number of benzene rings is 3. The molecular formula is C26H28FNO2. The topological polar surface area (TPSA) is 43.7 Å². The smallest absolute Gasteiger partial charge is 0.123 e. The Hall–Kier alpha value is -2.53. The lowest BCUT2D eigenvalue weighted by molar-refractivity contribution is -0.0198. The van der Waals surface area contributed by atoms with Gasteiger partial charge in [0.15, 0.2) is 0 Å². The number of hydrogen-bond acceptors (Lipinski definition) is 3. The van der Waals surface area contributed by atoms with Crippen molar-refractivity contribution in [2.24, 2.45) is 5.92 Å². The number of halogens is 1. The summed E-state index contributed by atoms with van der Waals surface area (Å²) in [6.07, 6.45) is 1.01. The molecule has 1 aliphatic heterocycles. The second-order valence-electron chi connectivity index (χ2n) is 8.14. The van der Waals surface area contributed by atoms with E-state index in [1.807, 2.05) is 60.7 Å². The highest BCUT2D eigenvalue weighted by Crippen LogP contribution is 2.42. The minimum atomic E-state index is -1.04. The van der Waals surface area contributed by atoms with E-state index in [9.17, 15) is 14.6 Å². The second kappa shape index (κ2) is 9.09. The van der Waals surface area contributed by atoms with Gasteiger partial charge in [-0.15, -0.1) is 0 Å². The summed E-state index contributed by atoms with van der Waals surface area (Å²) < 4.78 is 13.1. The maximum atomic E-state index is 13.1. The van der Waals surface area contributed by atoms with Crippen molar-refractivity contribution in [3.05, 3.63) is 107 Å². The summed E-state index contributed by atoms with van der Waals surface area (Å²) in [7, 11) is 0. The van der Waals surface area contributed by atoms with E-state index in [1.165, 1.54) is 12.1 Å². The molecule has 1 heterocycles. The standard InChI is InChI=1S/C26H28FNO2/c27-24-13-11-20(12-14-24)25(29)19-28-17-15-23(16-18-28)26(30,21-7-3-1-4-8-21)22-9-5-2-6-10-22/h1-14,23,25,29-30H,15-19H2. The number of rotatable bonds is 6. The van der Waals surface area contributed by atoms with Gasteiger partial charge in [-0.25, -0.2) is 4.39 Å². The van der Waals surface area contributed by atoms with E-state index in [0.29, 0.717) is 6.54 Å². The molecule has 30 heavy (non-hydrogen) atoms. The Bertz CT molecular complexity index is 883. The monoisotopic (exact) mass is 405 g/mol. The molecule has 0 saturated carbocycles. The summed E-state index contributed by atoms with van der Waals surface area (Å²) in [4.78, 5) is 2.22. The van der Waals surface area contributed by atoms with Crippen molar-refractivity contribution < 1.29 is 14.6 Å². The average Bonchev–Trinajstić information content (AvgIpc) is 2.80. The summed E-state index contributed by atoms with van der Waals surface area (Å²) in [6, 6.07) is 25.8. The Labute approximate surface area is 177 Å².